The first-order valence-electron chi connectivity index (χ1n) is 11.0. The summed E-state index contributed by atoms with van der Waals surface area (Å²) in [6, 6.07) is 16.0. The van der Waals surface area contributed by atoms with Crippen LogP contribution in [0.1, 0.15) is 33.6 Å². The molecule has 0 N–H and O–H groups in total. The molecule has 0 spiro atoms. The Morgan fingerprint density at radius 1 is 1.03 bits per heavy atom. The molecule has 0 unspecified atom stereocenters. The molecule has 0 atom stereocenters. The van der Waals surface area contributed by atoms with Crippen molar-refractivity contribution in [2.24, 2.45) is 0 Å². The Morgan fingerprint density at radius 2 is 1.75 bits per heavy atom. The van der Waals surface area contributed by atoms with E-state index in [4.69, 9.17) is 14.2 Å². The fourth-order valence-corrected chi connectivity index (χ4v) is 3.86. The van der Waals surface area contributed by atoms with Gasteiger partial charge in [-0.25, -0.2) is 4.79 Å². The first-order valence-corrected chi connectivity index (χ1v) is 11.0. The second-order valence-corrected chi connectivity index (χ2v) is 9.06. The highest BCUT2D eigenvalue weighted by molar-refractivity contribution is 5.88. The second-order valence-electron chi connectivity index (χ2n) is 9.06. The zero-order valence-corrected chi connectivity index (χ0v) is 19.1. The lowest BCUT2D eigenvalue weighted by atomic mass is 10.0. The molecular formula is C26H30N2O4. The number of methoxy groups -OCH3 is 1. The van der Waals surface area contributed by atoms with E-state index in [0.717, 1.165) is 46.4 Å². The number of hydrogen-bond donors (Lipinski definition) is 0. The lowest BCUT2D eigenvalue weighted by Crippen LogP contribution is -2.44. The Hall–Kier alpha value is -3.28. The van der Waals surface area contributed by atoms with E-state index >= 15 is 0 Å². The molecule has 32 heavy (non-hydrogen) atoms. The van der Waals surface area contributed by atoms with Crippen molar-refractivity contribution in [1.29, 1.82) is 0 Å². The number of likely N-dealkylation sites (tertiary alicyclic amines) is 1. The van der Waals surface area contributed by atoms with Crippen LogP contribution in [0.15, 0.2) is 54.7 Å². The predicted octanol–water partition coefficient (Wildman–Crippen LogP) is 5.69. The standard InChI is InChI=1S/C26H30N2O4/c1-26(2,3)32-25(29)28-14-12-21(13-15-28)31-20-10-8-18(9-11-20)19-16-22-23(27-17-19)6-5-7-24(22)30-4/h5-11,16-17,21H,12-15H2,1-4H3. The van der Waals surface area contributed by atoms with Gasteiger partial charge in [-0.1, -0.05) is 18.2 Å². The van der Waals surface area contributed by atoms with E-state index in [1.807, 2.05) is 69.4 Å². The van der Waals surface area contributed by atoms with Gasteiger partial charge in [0.05, 0.1) is 12.6 Å². The van der Waals surface area contributed by atoms with E-state index in [1.165, 1.54) is 0 Å². The van der Waals surface area contributed by atoms with Gasteiger partial charge in [0.25, 0.3) is 0 Å². The Kier molecular flexibility index (Phi) is 6.21. The van der Waals surface area contributed by atoms with E-state index < -0.39 is 5.60 Å². The van der Waals surface area contributed by atoms with E-state index in [0.29, 0.717) is 13.1 Å². The van der Waals surface area contributed by atoms with Crippen LogP contribution in [0.25, 0.3) is 22.0 Å². The first kappa shape index (κ1) is 21.9. The monoisotopic (exact) mass is 434 g/mol. The summed E-state index contributed by atoms with van der Waals surface area (Å²) in [6.07, 6.45) is 3.29. The van der Waals surface area contributed by atoms with E-state index in [-0.39, 0.29) is 12.2 Å². The van der Waals surface area contributed by atoms with Crippen LogP contribution in [-0.4, -0.2) is 47.9 Å². The van der Waals surface area contributed by atoms with Crippen LogP contribution >= 0.6 is 0 Å². The number of pyridine rings is 1. The molecule has 6 nitrogen and oxygen atoms in total. The van der Waals surface area contributed by atoms with Gasteiger partial charge in [0.1, 0.15) is 23.2 Å². The molecule has 1 fully saturated rings. The van der Waals surface area contributed by atoms with E-state index in [2.05, 4.69) is 11.1 Å². The van der Waals surface area contributed by atoms with Crippen molar-refractivity contribution >= 4 is 17.0 Å². The van der Waals surface area contributed by atoms with Crippen LogP contribution in [-0.2, 0) is 4.74 Å². The average Bonchev–Trinajstić information content (AvgIpc) is 2.78. The minimum Gasteiger partial charge on any atom is -0.496 e. The Bertz CT molecular complexity index is 1080. The number of carbonyl (C=O) groups is 1. The fraction of sp³-hybridized carbons (Fsp3) is 0.385. The lowest BCUT2D eigenvalue weighted by Gasteiger charge is -2.33. The largest absolute Gasteiger partial charge is 0.496 e. The van der Waals surface area contributed by atoms with Crippen LogP contribution < -0.4 is 9.47 Å². The molecule has 1 aliphatic heterocycles. The van der Waals surface area contributed by atoms with Crippen molar-refractivity contribution in [2.45, 2.75) is 45.3 Å². The number of ether oxygens (including phenoxy) is 3. The van der Waals surface area contributed by atoms with Gasteiger partial charge >= 0.3 is 6.09 Å². The molecule has 1 aliphatic rings. The number of hydrogen-bond acceptors (Lipinski definition) is 5. The zero-order valence-electron chi connectivity index (χ0n) is 19.1. The van der Waals surface area contributed by atoms with Crippen molar-refractivity contribution < 1.29 is 19.0 Å². The maximum atomic E-state index is 12.2. The number of fused-ring (bicyclic) bond motifs is 1. The lowest BCUT2D eigenvalue weighted by molar-refractivity contribution is 0.0126. The summed E-state index contributed by atoms with van der Waals surface area (Å²) in [4.78, 5) is 18.6. The summed E-state index contributed by atoms with van der Waals surface area (Å²) in [5.41, 5.74) is 2.53. The SMILES string of the molecule is COc1cccc2ncc(-c3ccc(OC4CCN(C(=O)OC(C)(C)C)CC4)cc3)cc12. The highest BCUT2D eigenvalue weighted by Crippen LogP contribution is 2.30. The maximum Gasteiger partial charge on any atom is 0.410 e. The van der Waals surface area contributed by atoms with E-state index in [9.17, 15) is 4.79 Å². The smallest absolute Gasteiger partial charge is 0.410 e. The molecule has 4 rings (SSSR count). The second kappa shape index (κ2) is 9.07. The molecule has 0 bridgehead atoms. The van der Waals surface area contributed by atoms with E-state index in [1.54, 1.807) is 12.0 Å². The molecule has 3 aromatic rings. The van der Waals surface area contributed by atoms with Gasteiger partial charge in [0, 0.05) is 43.1 Å². The third-order valence-electron chi connectivity index (χ3n) is 5.49. The number of carbonyl (C=O) groups excluding carboxylic acids is 1. The van der Waals surface area contributed by atoms with Crippen molar-refractivity contribution in [3.63, 3.8) is 0 Å². The highest BCUT2D eigenvalue weighted by atomic mass is 16.6. The third kappa shape index (κ3) is 5.13. The van der Waals surface area contributed by atoms with Gasteiger partial charge in [-0.15, -0.1) is 0 Å². The molecule has 1 saturated heterocycles. The van der Waals surface area contributed by atoms with Crippen molar-refractivity contribution in [3.05, 3.63) is 54.7 Å². The van der Waals surface area contributed by atoms with Crippen LogP contribution in [0, 0.1) is 0 Å². The van der Waals surface area contributed by atoms with Gasteiger partial charge in [-0.05, 0) is 56.7 Å². The zero-order chi connectivity index (χ0) is 22.7. The molecule has 6 heteroatoms. The molecule has 0 saturated carbocycles. The average molecular weight is 435 g/mol. The van der Waals surface area contributed by atoms with Gasteiger partial charge in [0.15, 0.2) is 0 Å². The Labute approximate surface area is 189 Å². The Balaban J connectivity index is 1.38. The third-order valence-corrected chi connectivity index (χ3v) is 5.49. The molecule has 168 valence electrons. The maximum absolute atomic E-state index is 12.2. The number of benzene rings is 2. The number of aromatic nitrogens is 1. The summed E-state index contributed by atoms with van der Waals surface area (Å²) in [6.45, 7) is 6.93. The van der Waals surface area contributed by atoms with Crippen LogP contribution in [0.4, 0.5) is 4.79 Å². The minimum absolute atomic E-state index is 0.0890. The molecule has 1 amide bonds. The molecule has 0 aliphatic carbocycles. The molecule has 2 aromatic carbocycles. The summed E-state index contributed by atoms with van der Waals surface area (Å²) < 4.78 is 17.1. The fourth-order valence-electron chi connectivity index (χ4n) is 3.86. The van der Waals surface area contributed by atoms with Gasteiger partial charge in [0.2, 0.25) is 0 Å². The van der Waals surface area contributed by atoms with Gasteiger partial charge in [-0.3, -0.25) is 4.98 Å². The summed E-state index contributed by atoms with van der Waals surface area (Å²) in [5.74, 6) is 1.64. The van der Waals surface area contributed by atoms with Gasteiger partial charge in [-0.2, -0.15) is 0 Å². The van der Waals surface area contributed by atoms with Crippen molar-refractivity contribution in [2.75, 3.05) is 20.2 Å². The van der Waals surface area contributed by atoms with Crippen LogP contribution in [0.5, 0.6) is 11.5 Å². The number of nitrogens with zero attached hydrogens (tertiary/aromatic N) is 2. The van der Waals surface area contributed by atoms with Crippen molar-refractivity contribution in [3.8, 4) is 22.6 Å². The topological polar surface area (TPSA) is 60.9 Å². The van der Waals surface area contributed by atoms with Crippen molar-refractivity contribution in [1.82, 2.24) is 9.88 Å². The Morgan fingerprint density at radius 3 is 2.41 bits per heavy atom. The first-order chi connectivity index (χ1) is 15.3. The number of amides is 1. The summed E-state index contributed by atoms with van der Waals surface area (Å²) >= 11 is 0. The highest BCUT2D eigenvalue weighted by Gasteiger charge is 2.27. The van der Waals surface area contributed by atoms with Crippen LogP contribution in [0.3, 0.4) is 0 Å². The number of piperidine rings is 1. The summed E-state index contributed by atoms with van der Waals surface area (Å²) in [5, 5.41) is 0.990. The number of rotatable bonds is 4. The predicted molar refractivity (Wildman–Crippen MR) is 125 cm³/mol. The quantitative estimate of drug-likeness (QED) is 0.528. The molecule has 2 heterocycles. The molecule has 0 radical (unpaired) electrons. The molecule has 1 aromatic heterocycles. The summed E-state index contributed by atoms with van der Waals surface area (Å²) in [7, 11) is 1.67. The minimum atomic E-state index is -0.474. The van der Waals surface area contributed by atoms with Gasteiger partial charge < -0.3 is 19.1 Å². The molecular weight excluding hydrogens is 404 g/mol. The van der Waals surface area contributed by atoms with Crippen LogP contribution in [0.2, 0.25) is 0 Å². The normalized spacial score (nSPS) is 14.9.